The molecule has 4 nitrogen and oxygen atoms in total. The van der Waals surface area contributed by atoms with Gasteiger partial charge in [-0.1, -0.05) is 6.92 Å². The molecule has 1 aliphatic carbocycles. The van der Waals surface area contributed by atoms with E-state index >= 15 is 0 Å². The predicted octanol–water partition coefficient (Wildman–Crippen LogP) is 1.84. The number of Topliss-reactive ketones (excluding diaryl/α,β-unsaturated/α-hetero) is 1. The fourth-order valence-corrected chi connectivity index (χ4v) is 2.21. The summed E-state index contributed by atoms with van der Waals surface area (Å²) in [6.45, 7) is 1.99. The van der Waals surface area contributed by atoms with Gasteiger partial charge in [0.2, 0.25) is 0 Å². The number of rotatable bonds is 5. The third-order valence-electron chi connectivity index (χ3n) is 3.16. The lowest BCUT2D eigenvalue weighted by Gasteiger charge is -2.13. The van der Waals surface area contributed by atoms with Gasteiger partial charge in [-0.3, -0.25) is 4.79 Å². The summed E-state index contributed by atoms with van der Waals surface area (Å²) in [5.74, 6) is -1.13. The van der Waals surface area contributed by atoms with Crippen molar-refractivity contribution in [1.82, 2.24) is 0 Å². The third-order valence-corrected chi connectivity index (χ3v) is 4.15. The summed E-state index contributed by atoms with van der Waals surface area (Å²) >= 11 is 1.63. The van der Waals surface area contributed by atoms with Crippen molar-refractivity contribution < 1.29 is 19.4 Å². The van der Waals surface area contributed by atoms with Crippen LogP contribution in [0, 0.1) is 5.92 Å². The molecule has 2 unspecified atom stereocenters. The van der Waals surface area contributed by atoms with Crippen LogP contribution in [0.4, 0.5) is 0 Å². The van der Waals surface area contributed by atoms with Crippen molar-refractivity contribution >= 4 is 23.5 Å². The monoisotopic (exact) mass is 256 g/mol. The molecule has 0 spiro atoms. The lowest BCUT2D eigenvalue weighted by molar-refractivity contribution is -0.141. The van der Waals surface area contributed by atoms with Gasteiger partial charge in [-0.05, 0) is 19.1 Å². The number of esters is 1. The van der Waals surface area contributed by atoms with E-state index in [1.807, 2.05) is 13.2 Å². The number of carbonyl (C=O) groups is 2. The van der Waals surface area contributed by atoms with Gasteiger partial charge in [0.25, 0.3) is 0 Å². The molecule has 5 heteroatoms. The standard InChI is InChI=1S/C12H16O4S/c1-6(17-2)5-8-11(14)9(12(15)16-8)10(13)7-3-4-7/h6-8,14H,3-5H2,1-2H3. The summed E-state index contributed by atoms with van der Waals surface area (Å²) in [7, 11) is 0. The number of ketones is 1. The molecule has 1 saturated carbocycles. The highest BCUT2D eigenvalue weighted by Gasteiger charge is 2.43. The number of hydrogen-bond donors (Lipinski definition) is 1. The molecule has 1 heterocycles. The number of cyclic esters (lactones) is 1. The number of hydrogen-bond acceptors (Lipinski definition) is 5. The first kappa shape index (κ1) is 12.5. The van der Waals surface area contributed by atoms with Crippen molar-refractivity contribution in [3.05, 3.63) is 11.3 Å². The van der Waals surface area contributed by atoms with E-state index < -0.39 is 12.1 Å². The van der Waals surface area contributed by atoms with E-state index in [9.17, 15) is 14.7 Å². The van der Waals surface area contributed by atoms with Crippen molar-refractivity contribution in [3.63, 3.8) is 0 Å². The van der Waals surface area contributed by atoms with Gasteiger partial charge < -0.3 is 9.84 Å². The maximum Gasteiger partial charge on any atom is 0.346 e. The van der Waals surface area contributed by atoms with Crippen LogP contribution in [0.3, 0.4) is 0 Å². The van der Waals surface area contributed by atoms with E-state index in [1.54, 1.807) is 11.8 Å². The lowest BCUT2D eigenvalue weighted by atomic mass is 10.0. The Morgan fingerprint density at radius 1 is 1.59 bits per heavy atom. The molecule has 0 amide bonds. The molecule has 2 rings (SSSR count). The zero-order valence-corrected chi connectivity index (χ0v) is 10.8. The maximum absolute atomic E-state index is 11.8. The second kappa shape index (κ2) is 4.72. The van der Waals surface area contributed by atoms with Crippen LogP contribution in [-0.2, 0) is 14.3 Å². The second-order valence-electron chi connectivity index (χ2n) is 4.57. The summed E-state index contributed by atoms with van der Waals surface area (Å²) in [4.78, 5) is 23.4. The highest BCUT2D eigenvalue weighted by molar-refractivity contribution is 7.99. The molecule has 2 atom stereocenters. The normalized spacial score (nSPS) is 26.0. The first-order chi connectivity index (χ1) is 8.04. The minimum Gasteiger partial charge on any atom is -0.507 e. The molecule has 0 bridgehead atoms. The molecule has 0 saturated heterocycles. The highest BCUT2D eigenvalue weighted by Crippen LogP contribution is 2.36. The molecule has 1 fully saturated rings. The molecular weight excluding hydrogens is 240 g/mol. The topological polar surface area (TPSA) is 63.6 Å². The van der Waals surface area contributed by atoms with Gasteiger partial charge in [0.05, 0.1) is 0 Å². The first-order valence-corrected chi connectivity index (χ1v) is 7.04. The smallest absolute Gasteiger partial charge is 0.346 e. The number of aliphatic hydroxyl groups excluding tert-OH is 1. The molecule has 94 valence electrons. The fraction of sp³-hybridized carbons (Fsp3) is 0.667. The van der Waals surface area contributed by atoms with E-state index in [2.05, 4.69) is 0 Å². The van der Waals surface area contributed by atoms with E-state index in [0.29, 0.717) is 6.42 Å². The molecule has 0 aromatic rings. The third kappa shape index (κ3) is 2.49. The second-order valence-corrected chi connectivity index (χ2v) is 5.85. The molecule has 17 heavy (non-hydrogen) atoms. The van der Waals surface area contributed by atoms with Gasteiger partial charge >= 0.3 is 5.97 Å². The van der Waals surface area contributed by atoms with Crippen LogP contribution < -0.4 is 0 Å². The first-order valence-electron chi connectivity index (χ1n) is 5.75. The molecular formula is C12H16O4S. The van der Waals surface area contributed by atoms with Gasteiger partial charge in [-0.2, -0.15) is 11.8 Å². The van der Waals surface area contributed by atoms with Crippen molar-refractivity contribution in [1.29, 1.82) is 0 Å². The Morgan fingerprint density at radius 3 is 2.76 bits per heavy atom. The summed E-state index contributed by atoms with van der Waals surface area (Å²) in [5, 5.41) is 10.2. The quantitative estimate of drug-likeness (QED) is 0.600. The van der Waals surface area contributed by atoms with Crippen molar-refractivity contribution in [2.24, 2.45) is 5.92 Å². The average Bonchev–Trinajstić information content (AvgIpc) is 3.07. The fourth-order valence-electron chi connectivity index (χ4n) is 1.84. The van der Waals surface area contributed by atoms with E-state index in [1.165, 1.54) is 0 Å². The number of aliphatic hydroxyl groups is 1. The largest absolute Gasteiger partial charge is 0.507 e. The highest BCUT2D eigenvalue weighted by atomic mass is 32.2. The van der Waals surface area contributed by atoms with Crippen LogP contribution in [0.2, 0.25) is 0 Å². The van der Waals surface area contributed by atoms with Crippen LogP contribution in [0.1, 0.15) is 26.2 Å². The van der Waals surface area contributed by atoms with Gasteiger partial charge in [-0.15, -0.1) is 0 Å². The molecule has 2 aliphatic rings. The Hall–Kier alpha value is -0.970. The maximum atomic E-state index is 11.8. The minimum atomic E-state index is -0.655. The minimum absolute atomic E-state index is 0.0728. The summed E-state index contributed by atoms with van der Waals surface area (Å²) in [6, 6.07) is 0. The molecule has 0 radical (unpaired) electrons. The van der Waals surface area contributed by atoms with Crippen molar-refractivity contribution in [2.45, 2.75) is 37.5 Å². The summed E-state index contributed by atoms with van der Waals surface area (Å²) < 4.78 is 5.06. The molecule has 1 aliphatic heterocycles. The Morgan fingerprint density at radius 2 is 2.24 bits per heavy atom. The van der Waals surface area contributed by atoms with Crippen molar-refractivity contribution in [3.8, 4) is 0 Å². The predicted molar refractivity (Wildman–Crippen MR) is 64.9 cm³/mol. The van der Waals surface area contributed by atoms with E-state index in [4.69, 9.17) is 4.74 Å². The van der Waals surface area contributed by atoms with Crippen LogP contribution >= 0.6 is 11.8 Å². The van der Waals surface area contributed by atoms with Gasteiger partial charge in [-0.25, -0.2) is 4.79 Å². The average molecular weight is 256 g/mol. The molecule has 0 aromatic carbocycles. The molecule has 0 aromatic heterocycles. The zero-order valence-electron chi connectivity index (χ0n) is 9.93. The van der Waals surface area contributed by atoms with Crippen LogP contribution in [0.5, 0.6) is 0 Å². The van der Waals surface area contributed by atoms with E-state index in [0.717, 1.165) is 12.8 Å². The number of ether oxygens (including phenoxy) is 1. The lowest BCUT2D eigenvalue weighted by Crippen LogP contribution is -2.16. The summed E-state index contributed by atoms with van der Waals surface area (Å²) in [5.41, 5.74) is -0.106. The van der Waals surface area contributed by atoms with Crippen LogP contribution in [0.25, 0.3) is 0 Å². The number of thioether (sulfide) groups is 1. The Kier molecular flexibility index (Phi) is 3.47. The van der Waals surface area contributed by atoms with Crippen LogP contribution in [-0.4, -0.2) is 34.5 Å². The van der Waals surface area contributed by atoms with Crippen LogP contribution in [0.15, 0.2) is 11.3 Å². The van der Waals surface area contributed by atoms with Gasteiger partial charge in [0.1, 0.15) is 5.57 Å². The summed E-state index contributed by atoms with van der Waals surface area (Å²) in [6.07, 6.45) is 3.49. The van der Waals surface area contributed by atoms with Gasteiger partial charge in [0, 0.05) is 17.6 Å². The zero-order chi connectivity index (χ0) is 12.6. The number of carbonyl (C=O) groups excluding carboxylic acids is 2. The van der Waals surface area contributed by atoms with Crippen molar-refractivity contribution in [2.75, 3.05) is 6.26 Å². The molecule has 1 N–H and O–H groups in total. The van der Waals surface area contributed by atoms with Gasteiger partial charge in [0.15, 0.2) is 17.6 Å². The Balaban J connectivity index is 2.12. The SMILES string of the molecule is CSC(C)CC1OC(=O)C(C(=O)C2CC2)=C1O. The Bertz CT molecular complexity index is 384. The van der Waals surface area contributed by atoms with E-state index in [-0.39, 0.29) is 28.3 Å². The Labute approximate surface area is 104 Å².